The first-order valence-electron chi connectivity index (χ1n) is 15.1. The number of nitrogens with one attached hydrogen (secondary N) is 2. The van der Waals surface area contributed by atoms with Crippen LogP contribution in [0.25, 0.3) is 10.9 Å². The van der Waals surface area contributed by atoms with Crippen molar-refractivity contribution in [3.8, 4) is 0 Å². The third-order valence-corrected chi connectivity index (χ3v) is 9.43. The molecular weight excluding hydrogens is 528 g/mol. The van der Waals surface area contributed by atoms with E-state index < -0.39 is 11.5 Å². The van der Waals surface area contributed by atoms with E-state index in [-0.39, 0.29) is 29.7 Å². The highest BCUT2D eigenvalue weighted by molar-refractivity contribution is 6.07. The van der Waals surface area contributed by atoms with E-state index in [0.29, 0.717) is 64.0 Å². The number of hydrogen-bond donors (Lipinski definition) is 2. The fraction of sp³-hybridized carbons (Fsp3) is 0.441. The number of hydrogen-bond acceptors (Lipinski definition) is 4. The van der Waals surface area contributed by atoms with Gasteiger partial charge in [0.15, 0.2) is 0 Å². The lowest BCUT2D eigenvalue weighted by Gasteiger charge is -2.40. The number of ether oxygens (including phenoxy) is 1. The number of aryl methyl sites for hydroxylation is 1. The molecule has 3 aliphatic rings. The normalized spacial score (nSPS) is 25.5. The second-order valence-corrected chi connectivity index (χ2v) is 12.1. The van der Waals surface area contributed by atoms with Gasteiger partial charge in [0.05, 0.1) is 11.0 Å². The van der Waals surface area contributed by atoms with E-state index in [4.69, 9.17) is 4.74 Å². The van der Waals surface area contributed by atoms with Crippen LogP contribution in [0.15, 0.2) is 72.9 Å². The standard InChI is InChI=1S/C34H40N4O4/c1-37-23-27(26-12-5-6-13-30(26)37)32(40)38-18-14-28-25(22-38)11-7-8-15-34(16-19-42-20-17-34)33(41)36-29(31(39)35-28)21-24-9-3-2-4-10-24/h2-10,12-13,23,25,28-29H,11,14-22H2,1H3,(H,35,39)(H,36,41)/b8-7+/t25-,28+,29-/m1/s1. The van der Waals surface area contributed by atoms with Crippen molar-refractivity contribution in [1.82, 2.24) is 20.1 Å². The monoisotopic (exact) mass is 568 g/mol. The number of rotatable bonds is 3. The molecule has 4 heterocycles. The minimum atomic E-state index is -0.681. The summed E-state index contributed by atoms with van der Waals surface area (Å²) in [4.78, 5) is 43.3. The quantitative estimate of drug-likeness (QED) is 0.468. The first kappa shape index (κ1) is 28.2. The highest BCUT2D eigenvalue weighted by atomic mass is 16.5. The van der Waals surface area contributed by atoms with Gasteiger partial charge in [0.2, 0.25) is 11.8 Å². The van der Waals surface area contributed by atoms with Gasteiger partial charge in [-0.25, -0.2) is 0 Å². The zero-order valence-corrected chi connectivity index (χ0v) is 24.3. The smallest absolute Gasteiger partial charge is 0.256 e. The Morgan fingerprint density at radius 3 is 2.57 bits per heavy atom. The molecule has 8 heteroatoms. The van der Waals surface area contributed by atoms with Crippen molar-refractivity contribution in [3.05, 3.63) is 84.1 Å². The molecule has 1 spiro atoms. The van der Waals surface area contributed by atoms with Gasteiger partial charge in [-0.2, -0.15) is 0 Å². The Morgan fingerprint density at radius 1 is 1.00 bits per heavy atom. The molecule has 6 rings (SSSR count). The zero-order valence-electron chi connectivity index (χ0n) is 24.3. The van der Waals surface area contributed by atoms with Crippen molar-refractivity contribution in [3.63, 3.8) is 0 Å². The maximum Gasteiger partial charge on any atom is 0.256 e. The molecule has 3 atom stereocenters. The molecule has 2 N–H and O–H groups in total. The van der Waals surface area contributed by atoms with Gasteiger partial charge in [0, 0.05) is 68.8 Å². The second-order valence-electron chi connectivity index (χ2n) is 12.1. The topological polar surface area (TPSA) is 92.7 Å². The number of nitrogens with zero attached hydrogens (tertiary/aromatic N) is 2. The molecule has 0 saturated carbocycles. The predicted molar refractivity (Wildman–Crippen MR) is 162 cm³/mol. The molecule has 1 aromatic heterocycles. The maximum absolute atomic E-state index is 13.8. The molecule has 220 valence electrons. The Balaban J connectivity index is 1.26. The molecule has 0 radical (unpaired) electrons. The average molecular weight is 569 g/mol. The van der Waals surface area contributed by atoms with Crippen LogP contribution in [0.2, 0.25) is 0 Å². The summed E-state index contributed by atoms with van der Waals surface area (Å²) in [7, 11) is 1.97. The SMILES string of the molecule is Cn1cc(C(=O)N2CC[C@@H]3NC(=O)[C@@H](Cc4ccccc4)NC(=O)C4(C/C=C/C[C@@H]3C2)CCOCC4)c2ccccc21. The predicted octanol–water partition coefficient (Wildman–Crippen LogP) is 4.00. The first-order chi connectivity index (χ1) is 20.4. The van der Waals surface area contributed by atoms with Gasteiger partial charge in [-0.3, -0.25) is 14.4 Å². The summed E-state index contributed by atoms with van der Waals surface area (Å²) >= 11 is 0. The fourth-order valence-electron chi connectivity index (χ4n) is 6.85. The van der Waals surface area contributed by atoms with E-state index in [0.717, 1.165) is 22.9 Å². The van der Waals surface area contributed by atoms with Crippen LogP contribution in [-0.4, -0.2) is 65.6 Å². The molecule has 2 aromatic carbocycles. The van der Waals surface area contributed by atoms with Crippen molar-refractivity contribution in [2.75, 3.05) is 26.3 Å². The minimum absolute atomic E-state index is 0.0297. The van der Waals surface area contributed by atoms with Gasteiger partial charge in [-0.05, 0) is 43.7 Å². The molecular formula is C34H40N4O4. The summed E-state index contributed by atoms with van der Waals surface area (Å²) < 4.78 is 7.61. The molecule has 8 nitrogen and oxygen atoms in total. The van der Waals surface area contributed by atoms with Crippen molar-refractivity contribution >= 4 is 28.6 Å². The summed E-state index contributed by atoms with van der Waals surface area (Å²) in [6.07, 6.45) is 9.86. The number of carbonyl (C=O) groups excluding carboxylic acids is 3. The van der Waals surface area contributed by atoms with Gasteiger partial charge in [0.25, 0.3) is 5.91 Å². The number of fused-ring (bicyclic) bond motifs is 2. The van der Waals surface area contributed by atoms with Crippen molar-refractivity contribution in [1.29, 1.82) is 0 Å². The third kappa shape index (κ3) is 5.73. The van der Waals surface area contributed by atoms with E-state index in [9.17, 15) is 14.4 Å². The molecule has 3 aromatic rings. The highest BCUT2D eigenvalue weighted by Gasteiger charge is 2.42. The second kappa shape index (κ2) is 12.1. The lowest BCUT2D eigenvalue weighted by Crippen LogP contribution is -2.58. The molecule has 0 unspecified atom stereocenters. The van der Waals surface area contributed by atoms with Crippen molar-refractivity contribution in [2.45, 2.75) is 50.6 Å². The number of amides is 3. The summed E-state index contributed by atoms with van der Waals surface area (Å²) in [5.41, 5.74) is 2.15. The fourth-order valence-corrected chi connectivity index (χ4v) is 6.85. The molecule has 2 saturated heterocycles. The Morgan fingerprint density at radius 2 is 1.76 bits per heavy atom. The molecule has 3 aliphatic heterocycles. The number of carbonyl (C=O) groups is 3. The van der Waals surface area contributed by atoms with Gasteiger partial charge in [0.1, 0.15) is 6.04 Å². The highest BCUT2D eigenvalue weighted by Crippen LogP contribution is 2.36. The van der Waals surface area contributed by atoms with Crippen LogP contribution in [0, 0.1) is 11.3 Å². The first-order valence-corrected chi connectivity index (χ1v) is 15.1. The minimum Gasteiger partial charge on any atom is -0.381 e. The summed E-state index contributed by atoms with van der Waals surface area (Å²) in [5, 5.41) is 7.41. The molecule has 3 amide bonds. The number of aromatic nitrogens is 1. The van der Waals surface area contributed by atoms with Crippen LogP contribution < -0.4 is 10.6 Å². The number of piperidine rings is 1. The molecule has 0 aliphatic carbocycles. The van der Waals surface area contributed by atoms with E-state index in [1.807, 2.05) is 77.3 Å². The van der Waals surface area contributed by atoms with Crippen LogP contribution >= 0.6 is 0 Å². The number of likely N-dealkylation sites (tertiary alicyclic amines) is 1. The van der Waals surface area contributed by atoms with Crippen LogP contribution in [-0.2, 0) is 27.8 Å². The van der Waals surface area contributed by atoms with Crippen molar-refractivity contribution in [2.24, 2.45) is 18.4 Å². The number of allylic oxidation sites excluding steroid dienone is 2. The van der Waals surface area contributed by atoms with Crippen molar-refractivity contribution < 1.29 is 19.1 Å². The molecule has 42 heavy (non-hydrogen) atoms. The lowest BCUT2D eigenvalue weighted by molar-refractivity contribution is -0.140. The summed E-state index contributed by atoms with van der Waals surface area (Å²) in [6.45, 7) is 2.19. The van der Waals surface area contributed by atoms with Gasteiger partial charge in [-0.1, -0.05) is 60.7 Å². The molecule has 0 bridgehead atoms. The largest absolute Gasteiger partial charge is 0.381 e. The van der Waals surface area contributed by atoms with E-state index in [2.05, 4.69) is 22.8 Å². The van der Waals surface area contributed by atoms with E-state index in [1.165, 1.54) is 0 Å². The van der Waals surface area contributed by atoms with Crippen LogP contribution in [0.1, 0.15) is 48.0 Å². The molecule has 2 fully saturated rings. The Hall–Kier alpha value is -3.91. The Labute approximate surface area is 247 Å². The average Bonchev–Trinajstić information content (AvgIpc) is 3.36. The number of benzene rings is 2. The third-order valence-electron chi connectivity index (χ3n) is 9.43. The van der Waals surface area contributed by atoms with Gasteiger partial charge >= 0.3 is 0 Å². The van der Waals surface area contributed by atoms with Crippen LogP contribution in [0.3, 0.4) is 0 Å². The lowest BCUT2D eigenvalue weighted by atomic mass is 9.75. The summed E-state index contributed by atoms with van der Waals surface area (Å²) in [6, 6.07) is 17.0. The van der Waals surface area contributed by atoms with Gasteiger partial charge in [-0.15, -0.1) is 0 Å². The Kier molecular flexibility index (Phi) is 8.16. The zero-order chi connectivity index (χ0) is 29.1. The Bertz CT molecular complexity index is 1470. The van der Waals surface area contributed by atoms with Crippen LogP contribution in [0.5, 0.6) is 0 Å². The van der Waals surface area contributed by atoms with Gasteiger partial charge < -0.3 is 24.8 Å². The number of para-hydroxylation sites is 1. The summed E-state index contributed by atoms with van der Waals surface area (Å²) in [5.74, 6) is -0.139. The van der Waals surface area contributed by atoms with E-state index >= 15 is 0 Å². The maximum atomic E-state index is 13.8. The van der Waals surface area contributed by atoms with E-state index in [1.54, 1.807) is 0 Å². The van der Waals surface area contributed by atoms with Crippen LogP contribution in [0.4, 0.5) is 0 Å².